The molecule has 204 valence electrons. The zero-order valence-corrected chi connectivity index (χ0v) is 22.0. The largest absolute Gasteiger partial charge is 0.385 e. The van der Waals surface area contributed by atoms with Crippen LogP contribution in [-0.2, 0) is 10.3 Å². The summed E-state index contributed by atoms with van der Waals surface area (Å²) in [5.41, 5.74) is -0.982. The van der Waals surface area contributed by atoms with Crippen LogP contribution in [0.5, 0.6) is 0 Å². The summed E-state index contributed by atoms with van der Waals surface area (Å²) in [6, 6.07) is 3.61. The highest BCUT2D eigenvalue weighted by Gasteiger charge is 2.41. The van der Waals surface area contributed by atoms with Crippen LogP contribution >= 0.6 is 0 Å². The highest BCUT2D eigenvalue weighted by atomic mass is 19.2. The van der Waals surface area contributed by atoms with E-state index in [0.717, 1.165) is 37.9 Å². The van der Waals surface area contributed by atoms with Gasteiger partial charge in [-0.05, 0) is 69.2 Å². The minimum atomic E-state index is -1.35. The summed E-state index contributed by atoms with van der Waals surface area (Å²) in [6.07, 6.45) is 10.6. The van der Waals surface area contributed by atoms with Crippen molar-refractivity contribution in [2.75, 3.05) is 40.4 Å². The molecular formula is C28H45F2N3O3. The van der Waals surface area contributed by atoms with E-state index in [0.29, 0.717) is 50.4 Å². The molecule has 0 unspecified atom stereocenters. The van der Waals surface area contributed by atoms with Gasteiger partial charge in [-0.25, -0.2) is 13.6 Å². The van der Waals surface area contributed by atoms with Gasteiger partial charge in [0.2, 0.25) is 0 Å². The van der Waals surface area contributed by atoms with E-state index in [1.807, 2.05) is 7.05 Å². The summed E-state index contributed by atoms with van der Waals surface area (Å²) in [7, 11) is 3.54. The number of halogens is 2. The lowest BCUT2D eigenvalue weighted by Gasteiger charge is -2.43. The molecule has 6 nitrogen and oxygen atoms in total. The van der Waals surface area contributed by atoms with E-state index in [1.54, 1.807) is 12.0 Å². The second-order valence-electron chi connectivity index (χ2n) is 10.7. The number of piperidine rings is 1. The molecule has 3 atom stereocenters. The fourth-order valence-corrected chi connectivity index (χ4v) is 6.07. The highest BCUT2D eigenvalue weighted by Crippen LogP contribution is 2.40. The third-order valence-corrected chi connectivity index (χ3v) is 8.08. The number of methoxy groups -OCH3 is 1. The number of carbonyl (C=O) groups is 1. The number of benzene rings is 1. The Morgan fingerprint density at radius 3 is 2.64 bits per heavy atom. The minimum absolute atomic E-state index is 0.0603. The number of nitrogens with zero attached hydrogens (tertiary/aromatic N) is 1. The zero-order valence-electron chi connectivity index (χ0n) is 22.0. The molecule has 3 rings (SSSR count). The van der Waals surface area contributed by atoms with Gasteiger partial charge in [-0.2, -0.15) is 0 Å². The van der Waals surface area contributed by atoms with Crippen molar-refractivity contribution in [2.24, 2.45) is 11.8 Å². The number of unbranched alkanes of at least 4 members (excludes halogenated alkanes) is 1. The molecule has 1 saturated carbocycles. The summed E-state index contributed by atoms with van der Waals surface area (Å²) >= 11 is 0. The van der Waals surface area contributed by atoms with E-state index >= 15 is 0 Å². The molecule has 1 heterocycles. The molecule has 1 aliphatic heterocycles. The monoisotopic (exact) mass is 509 g/mol. The van der Waals surface area contributed by atoms with Crippen LogP contribution in [0.1, 0.15) is 76.2 Å². The average molecular weight is 510 g/mol. The minimum Gasteiger partial charge on any atom is -0.385 e. The lowest BCUT2D eigenvalue weighted by molar-refractivity contribution is -0.0566. The normalized spacial score (nSPS) is 21.7. The first kappa shape index (κ1) is 28.8. The lowest BCUT2D eigenvalue weighted by Crippen LogP contribution is -2.54. The van der Waals surface area contributed by atoms with E-state index in [9.17, 15) is 18.7 Å². The second-order valence-corrected chi connectivity index (χ2v) is 10.7. The lowest BCUT2D eigenvalue weighted by atomic mass is 9.74. The van der Waals surface area contributed by atoms with Gasteiger partial charge >= 0.3 is 6.03 Å². The molecule has 2 aliphatic rings. The van der Waals surface area contributed by atoms with Gasteiger partial charge in [-0.3, -0.25) is 0 Å². The van der Waals surface area contributed by atoms with Gasteiger partial charge < -0.3 is 25.4 Å². The van der Waals surface area contributed by atoms with E-state index in [1.165, 1.54) is 38.2 Å². The van der Waals surface area contributed by atoms with Crippen molar-refractivity contribution in [1.82, 2.24) is 15.5 Å². The summed E-state index contributed by atoms with van der Waals surface area (Å²) in [5, 5.41) is 18.4. The first-order chi connectivity index (χ1) is 17.4. The number of likely N-dealkylation sites (N-methyl/N-ethyl adjacent to an activating group) is 1. The Hall–Kier alpha value is -1.77. The van der Waals surface area contributed by atoms with Crippen LogP contribution < -0.4 is 10.6 Å². The number of amides is 2. The molecule has 1 aromatic carbocycles. The van der Waals surface area contributed by atoms with E-state index in [4.69, 9.17) is 4.74 Å². The number of hydrogen-bond donors (Lipinski definition) is 3. The molecule has 1 saturated heterocycles. The number of urea groups is 1. The molecule has 1 aromatic rings. The topological polar surface area (TPSA) is 73.8 Å². The third kappa shape index (κ3) is 7.86. The van der Waals surface area contributed by atoms with Gasteiger partial charge in [0.25, 0.3) is 0 Å². The van der Waals surface area contributed by atoms with Crippen molar-refractivity contribution < 1.29 is 23.4 Å². The van der Waals surface area contributed by atoms with Crippen LogP contribution in [-0.4, -0.2) is 62.5 Å². The standard InChI is InChI=1S/C28H45F2N3O3/c1-31-19-24(17-21-9-4-3-5-10-21)32-27(34)33-15-8-11-23(20-33)28(35,14-6-7-16-36-2)22-12-13-25(29)26(30)18-22/h12-13,18,21,23-24,31,35H,3-11,14-17,19-20H2,1-2H3,(H,32,34)/t23-,24+,28-/m1/s1. The fraction of sp³-hybridized carbons (Fsp3) is 0.750. The van der Waals surface area contributed by atoms with Gasteiger partial charge in [-0.1, -0.05) is 38.2 Å². The van der Waals surface area contributed by atoms with Crippen molar-refractivity contribution in [3.63, 3.8) is 0 Å². The van der Waals surface area contributed by atoms with Crippen LogP contribution in [0, 0.1) is 23.5 Å². The van der Waals surface area contributed by atoms with Crippen LogP contribution in [0.4, 0.5) is 13.6 Å². The summed E-state index contributed by atoms with van der Waals surface area (Å²) < 4.78 is 33.0. The molecule has 0 radical (unpaired) electrons. The second kappa shape index (κ2) is 14.2. The van der Waals surface area contributed by atoms with E-state index in [2.05, 4.69) is 10.6 Å². The smallest absolute Gasteiger partial charge is 0.317 e. The first-order valence-corrected chi connectivity index (χ1v) is 13.7. The van der Waals surface area contributed by atoms with E-state index < -0.39 is 17.2 Å². The molecule has 36 heavy (non-hydrogen) atoms. The Balaban J connectivity index is 1.70. The average Bonchev–Trinajstić information content (AvgIpc) is 2.89. The number of hydrogen-bond acceptors (Lipinski definition) is 4. The van der Waals surface area contributed by atoms with Gasteiger partial charge in [-0.15, -0.1) is 0 Å². The Kier molecular flexibility index (Phi) is 11.4. The summed E-state index contributed by atoms with van der Waals surface area (Å²) in [6.45, 7) is 2.29. The Morgan fingerprint density at radius 1 is 1.17 bits per heavy atom. The molecule has 1 aliphatic carbocycles. The Morgan fingerprint density at radius 2 is 1.94 bits per heavy atom. The number of likely N-dealkylation sites (tertiary alicyclic amines) is 1. The van der Waals surface area contributed by atoms with Crippen molar-refractivity contribution >= 4 is 6.03 Å². The Bertz CT molecular complexity index is 821. The maximum Gasteiger partial charge on any atom is 0.317 e. The quantitative estimate of drug-likeness (QED) is 0.349. The van der Waals surface area contributed by atoms with Crippen molar-refractivity contribution in [3.05, 3.63) is 35.4 Å². The maximum atomic E-state index is 14.1. The predicted molar refractivity (Wildman–Crippen MR) is 138 cm³/mol. The molecular weight excluding hydrogens is 464 g/mol. The van der Waals surface area contributed by atoms with Crippen LogP contribution in [0.15, 0.2) is 18.2 Å². The maximum absolute atomic E-state index is 14.1. The molecule has 2 fully saturated rings. The van der Waals surface area contributed by atoms with Gasteiger partial charge in [0.1, 0.15) is 0 Å². The van der Waals surface area contributed by atoms with Crippen molar-refractivity contribution in [2.45, 2.75) is 82.3 Å². The Labute approximate surface area is 215 Å². The first-order valence-electron chi connectivity index (χ1n) is 13.7. The number of aliphatic hydroxyl groups is 1. The fourth-order valence-electron chi connectivity index (χ4n) is 6.07. The molecule has 0 aromatic heterocycles. The predicted octanol–water partition coefficient (Wildman–Crippen LogP) is 4.95. The van der Waals surface area contributed by atoms with Gasteiger partial charge in [0, 0.05) is 45.3 Å². The molecule has 2 amide bonds. The number of ether oxygens (including phenoxy) is 1. The summed E-state index contributed by atoms with van der Waals surface area (Å²) in [4.78, 5) is 15.1. The SMILES string of the molecule is CNC[C@H](CC1CCCCC1)NC(=O)N1CCC[C@@H]([C@@](O)(CCCCOC)c2ccc(F)c(F)c2)C1. The number of nitrogens with one attached hydrogen (secondary N) is 2. The van der Waals surface area contributed by atoms with Crippen LogP contribution in [0.25, 0.3) is 0 Å². The number of carbonyl (C=O) groups excluding carboxylic acids is 1. The highest BCUT2D eigenvalue weighted by molar-refractivity contribution is 5.74. The van der Waals surface area contributed by atoms with Crippen molar-refractivity contribution in [1.29, 1.82) is 0 Å². The zero-order chi connectivity index (χ0) is 26.0. The molecule has 0 bridgehead atoms. The van der Waals surface area contributed by atoms with Crippen LogP contribution in [0.2, 0.25) is 0 Å². The van der Waals surface area contributed by atoms with Crippen molar-refractivity contribution in [3.8, 4) is 0 Å². The molecule has 0 spiro atoms. The van der Waals surface area contributed by atoms with Gasteiger partial charge in [0.05, 0.1) is 5.60 Å². The molecule has 8 heteroatoms. The number of rotatable bonds is 12. The van der Waals surface area contributed by atoms with Gasteiger partial charge in [0.15, 0.2) is 11.6 Å². The van der Waals surface area contributed by atoms with Crippen LogP contribution in [0.3, 0.4) is 0 Å². The molecule has 3 N–H and O–H groups in total. The van der Waals surface area contributed by atoms with E-state index in [-0.39, 0.29) is 18.0 Å². The third-order valence-electron chi connectivity index (χ3n) is 8.08. The summed E-state index contributed by atoms with van der Waals surface area (Å²) in [5.74, 6) is -1.52.